The van der Waals surface area contributed by atoms with E-state index in [1.807, 2.05) is 19.1 Å². The van der Waals surface area contributed by atoms with Crippen LogP contribution in [0.2, 0.25) is 0 Å². The molecule has 3 rings (SSSR count). The van der Waals surface area contributed by atoms with E-state index in [4.69, 9.17) is 0 Å². The summed E-state index contributed by atoms with van der Waals surface area (Å²) in [4.78, 5) is 8.34. The van der Waals surface area contributed by atoms with Gasteiger partial charge in [-0.25, -0.2) is 9.37 Å². The van der Waals surface area contributed by atoms with E-state index < -0.39 is 0 Å². The van der Waals surface area contributed by atoms with Crippen molar-refractivity contribution in [2.24, 2.45) is 0 Å². The van der Waals surface area contributed by atoms with Crippen molar-refractivity contribution >= 4 is 17.5 Å². The van der Waals surface area contributed by atoms with Gasteiger partial charge >= 0.3 is 0 Å². The first-order valence-electron chi connectivity index (χ1n) is 5.77. The highest BCUT2D eigenvalue weighted by Gasteiger charge is 2.08. The molecular formula is C13H11FN4S. The van der Waals surface area contributed by atoms with Gasteiger partial charge in [0.25, 0.3) is 5.78 Å². The molecule has 0 aliphatic heterocycles. The molecule has 3 aromatic rings. The van der Waals surface area contributed by atoms with Crippen LogP contribution in [0.4, 0.5) is 4.39 Å². The highest BCUT2D eigenvalue weighted by Crippen LogP contribution is 2.24. The van der Waals surface area contributed by atoms with E-state index >= 15 is 0 Å². The molecule has 0 fully saturated rings. The van der Waals surface area contributed by atoms with Crippen LogP contribution >= 0.6 is 11.8 Å². The third-order valence-electron chi connectivity index (χ3n) is 2.68. The van der Waals surface area contributed by atoms with Gasteiger partial charge in [0.1, 0.15) is 17.2 Å². The smallest absolute Gasteiger partial charge is 0.216 e. The number of aryl methyl sites for hydroxylation is 1. The molecule has 96 valence electrons. The molecular weight excluding hydrogens is 263 g/mol. The van der Waals surface area contributed by atoms with Gasteiger partial charge in [-0.15, -0.1) is 11.8 Å². The zero-order valence-corrected chi connectivity index (χ0v) is 11.1. The average Bonchev–Trinajstić information content (AvgIpc) is 2.85. The summed E-state index contributed by atoms with van der Waals surface area (Å²) >= 11 is 1.52. The van der Waals surface area contributed by atoms with Crippen molar-refractivity contribution in [3.05, 3.63) is 53.7 Å². The van der Waals surface area contributed by atoms with Crippen LogP contribution in [0.25, 0.3) is 5.78 Å². The molecule has 19 heavy (non-hydrogen) atoms. The normalized spacial score (nSPS) is 11.1. The van der Waals surface area contributed by atoms with E-state index in [0.717, 1.165) is 10.7 Å². The summed E-state index contributed by atoms with van der Waals surface area (Å²) in [6, 6.07) is 8.71. The van der Waals surface area contributed by atoms with E-state index in [2.05, 4.69) is 15.1 Å². The Morgan fingerprint density at radius 1 is 1.32 bits per heavy atom. The molecule has 0 N–H and O–H groups in total. The minimum absolute atomic E-state index is 0.185. The first kappa shape index (κ1) is 12.1. The molecule has 0 amide bonds. The Hall–Kier alpha value is -1.95. The highest BCUT2D eigenvalue weighted by atomic mass is 32.2. The number of rotatable bonds is 3. The van der Waals surface area contributed by atoms with Gasteiger partial charge in [0, 0.05) is 11.4 Å². The summed E-state index contributed by atoms with van der Waals surface area (Å²) in [5.74, 6) is 0.928. The number of hydrogen-bond acceptors (Lipinski definition) is 4. The fourth-order valence-corrected chi connectivity index (χ4v) is 2.81. The number of nitrogens with zero attached hydrogens (tertiary/aromatic N) is 4. The predicted octanol–water partition coefficient (Wildman–Crippen LogP) is 2.86. The Morgan fingerprint density at radius 2 is 2.16 bits per heavy atom. The fraction of sp³-hybridized carbons (Fsp3) is 0.154. The van der Waals surface area contributed by atoms with Gasteiger partial charge in [0.05, 0.1) is 0 Å². The number of hydrogen-bond donors (Lipinski definition) is 0. The number of benzene rings is 1. The van der Waals surface area contributed by atoms with Crippen molar-refractivity contribution in [2.75, 3.05) is 0 Å². The first-order valence-corrected chi connectivity index (χ1v) is 6.76. The quantitative estimate of drug-likeness (QED) is 0.544. The van der Waals surface area contributed by atoms with E-state index in [0.29, 0.717) is 17.1 Å². The van der Waals surface area contributed by atoms with E-state index in [1.165, 1.54) is 24.2 Å². The topological polar surface area (TPSA) is 43.1 Å². The third kappa shape index (κ3) is 2.44. The summed E-state index contributed by atoms with van der Waals surface area (Å²) in [6.07, 6.45) is 1.47. The van der Waals surface area contributed by atoms with Crippen molar-refractivity contribution in [1.82, 2.24) is 19.6 Å². The molecule has 0 aliphatic rings. The minimum atomic E-state index is -0.185. The molecule has 4 nitrogen and oxygen atoms in total. The van der Waals surface area contributed by atoms with Crippen molar-refractivity contribution in [2.45, 2.75) is 17.7 Å². The molecule has 0 aliphatic carbocycles. The molecule has 0 unspecified atom stereocenters. The maximum atomic E-state index is 13.6. The lowest BCUT2D eigenvalue weighted by atomic mass is 10.2. The Labute approximate surface area is 113 Å². The number of thioether (sulfide) groups is 1. The summed E-state index contributed by atoms with van der Waals surface area (Å²) in [5.41, 5.74) is 1.55. The average molecular weight is 274 g/mol. The summed E-state index contributed by atoms with van der Waals surface area (Å²) < 4.78 is 15.2. The van der Waals surface area contributed by atoms with Gasteiger partial charge in [0.15, 0.2) is 0 Å². The lowest BCUT2D eigenvalue weighted by Crippen LogP contribution is -1.98. The molecule has 0 saturated heterocycles. The van der Waals surface area contributed by atoms with Gasteiger partial charge < -0.3 is 0 Å². The van der Waals surface area contributed by atoms with Crippen molar-refractivity contribution in [3.63, 3.8) is 0 Å². The van der Waals surface area contributed by atoms with E-state index in [-0.39, 0.29) is 5.82 Å². The van der Waals surface area contributed by atoms with Gasteiger partial charge in [0.2, 0.25) is 0 Å². The van der Waals surface area contributed by atoms with Crippen LogP contribution in [-0.4, -0.2) is 19.6 Å². The molecule has 0 bridgehead atoms. The second kappa shape index (κ2) is 4.97. The van der Waals surface area contributed by atoms with E-state index in [9.17, 15) is 4.39 Å². The van der Waals surface area contributed by atoms with Crippen LogP contribution in [-0.2, 0) is 5.75 Å². The molecule has 2 heterocycles. The number of halogens is 1. The van der Waals surface area contributed by atoms with Crippen molar-refractivity contribution in [1.29, 1.82) is 0 Å². The highest BCUT2D eigenvalue weighted by molar-refractivity contribution is 7.98. The third-order valence-corrected chi connectivity index (χ3v) is 3.72. The minimum Gasteiger partial charge on any atom is -0.216 e. The fourth-order valence-electron chi connectivity index (χ4n) is 1.77. The zero-order chi connectivity index (χ0) is 13.2. The van der Waals surface area contributed by atoms with E-state index in [1.54, 1.807) is 16.6 Å². The molecule has 2 aromatic heterocycles. The molecule has 0 saturated carbocycles. The second-order valence-corrected chi connectivity index (χ2v) is 5.08. The molecule has 1 aromatic carbocycles. The van der Waals surface area contributed by atoms with Crippen LogP contribution in [0, 0.1) is 12.7 Å². The summed E-state index contributed by atoms with van der Waals surface area (Å²) in [5, 5.41) is 5.03. The standard InChI is InChI=1S/C13H11FN4S/c1-9-6-12(18-13(17-9)15-8-16-18)19-7-10-4-2-3-5-11(10)14/h2-6,8H,7H2,1H3. The first-order chi connectivity index (χ1) is 9.24. The number of aromatic nitrogens is 4. The Balaban J connectivity index is 1.90. The van der Waals surface area contributed by atoms with Gasteiger partial charge in [-0.1, -0.05) is 18.2 Å². The van der Waals surface area contributed by atoms with Crippen molar-refractivity contribution in [3.8, 4) is 0 Å². The largest absolute Gasteiger partial charge is 0.253 e. The maximum absolute atomic E-state index is 13.6. The number of fused-ring (bicyclic) bond motifs is 1. The van der Waals surface area contributed by atoms with Crippen LogP contribution in [0.1, 0.15) is 11.3 Å². The van der Waals surface area contributed by atoms with Crippen LogP contribution < -0.4 is 0 Å². The summed E-state index contributed by atoms with van der Waals surface area (Å²) in [6.45, 7) is 1.90. The van der Waals surface area contributed by atoms with Crippen LogP contribution in [0.5, 0.6) is 0 Å². The van der Waals surface area contributed by atoms with Crippen LogP contribution in [0.3, 0.4) is 0 Å². The Kier molecular flexibility index (Phi) is 3.16. The van der Waals surface area contributed by atoms with Crippen LogP contribution in [0.15, 0.2) is 41.7 Å². The molecule has 6 heteroatoms. The van der Waals surface area contributed by atoms with Crippen molar-refractivity contribution < 1.29 is 4.39 Å². The zero-order valence-electron chi connectivity index (χ0n) is 10.2. The monoisotopic (exact) mass is 274 g/mol. The Morgan fingerprint density at radius 3 is 3.00 bits per heavy atom. The molecule has 0 spiro atoms. The lowest BCUT2D eigenvalue weighted by Gasteiger charge is -2.05. The predicted molar refractivity (Wildman–Crippen MR) is 71.5 cm³/mol. The maximum Gasteiger partial charge on any atom is 0.253 e. The van der Waals surface area contributed by atoms with Gasteiger partial charge in [-0.3, -0.25) is 0 Å². The second-order valence-electron chi connectivity index (χ2n) is 4.09. The summed E-state index contributed by atoms with van der Waals surface area (Å²) in [7, 11) is 0. The molecule has 0 radical (unpaired) electrons. The molecule has 0 atom stereocenters. The SMILES string of the molecule is Cc1cc(SCc2ccccc2F)n2ncnc2n1. The van der Waals surface area contributed by atoms with Gasteiger partial charge in [-0.05, 0) is 24.6 Å². The Bertz CT molecular complexity index is 725. The van der Waals surface area contributed by atoms with Gasteiger partial charge in [-0.2, -0.15) is 14.6 Å². The lowest BCUT2D eigenvalue weighted by molar-refractivity contribution is 0.617.